The van der Waals surface area contributed by atoms with Gasteiger partial charge < -0.3 is 19.9 Å². The molecule has 0 aromatic heterocycles. The van der Waals surface area contributed by atoms with Crippen LogP contribution in [0.2, 0.25) is 0 Å². The highest BCUT2D eigenvalue weighted by atomic mass is 32.2. The lowest BCUT2D eigenvalue weighted by atomic mass is 10.1. The van der Waals surface area contributed by atoms with Gasteiger partial charge in [0.2, 0.25) is 0 Å². The van der Waals surface area contributed by atoms with E-state index in [0.717, 1.165) is 17.8 Å². The summed E-state index contributed by atoms with van der Waals surface area (Å²) in [5.74, 6) is -0.588. The Bertz CT molecular complexity index is 1490. The number of sulfone groups is 1. The first-order valence-corrected chi connectivity index (χ1v) is 12.8. The van der Waals surface area contributed by atoms with Crippen molar-refractivity contribution in [1.82, 2.24) is 0 Å². The molecular weight excluding hydrogens is 508 g/mol. The minimum Gasteiger partial charge on any atom is -0.502 e. The predicted octanol–water partition coefficient (Wildman–Crippen LogP) is 4.38. The molecule has 0 saturated carbocycles. The van der Waals surface area contributed by atoms with Crippen LogP contribution < -0.4 is 14.8 Å². The smallest absolute Gasteiger partial charge is 0.311 e. The number of rotatable bonds is 7. The highest BCUT2D eigenvalue weighted by Gasteiger charge is 2.26. The number of benzene rings is 3. The lowest BCUT2D eigenvalue weighted by Gasteiger charge is -2.20. The van der Waals surface area contributed by atoms with Gasteiger partial charge in [-0.3, -0.25) is 14.9 Å². The molecule has 0 atom stereocenters. The van der Waals surface area contributed by atoms with Crippen LogP contribution in [-0.2, 0) is 20.4 Å². The Morgan fingerprint density at radius 2 is 1.78 bits per heavy atom. The van der Waals surface area contributed by atoms with Gasteiger partial charge in [-0.1, -0.05) is 23.9 Å². The standard InChI is InChI=1S/C24H20N2O8S2/c1-33-20-4-3-5-21(34-2)16(20)13-36(31,32)15-7-9-22-17(12-15)25-24(28)23(35-22)11-14-6-8-19(27)18(10-14)26(29)30/h3-12,27H,13H2,1-2H3,(H,25,28). The molecule has 186 valence electrons. The second-order valence-corrected chi connectivity index (χ2v) is 10.7. The topological polar surface area (TPSA) is 145 Å². The van der Waals surface area contributed by atoms with E-state index in [1.807, 2.05) is 0 Å². The molecule has 1 amide bonds. The second kappa shape index (κ2) is 9.91. The Hall–Kier alpha value is -4.03. The van der Waals surface area contributed by atoms with Crippen LogP contribution in [0, 0.1) is 10.1 Å². The molecule has 0 aliphatic carbocycles. The maximum atomic E-state index is 13.2. The molecule has 2 N–H and O–H groups in total. The number of amides is 1. The number of hydrogen-bond acceptors (Lipinski definition) is 9. The Labute approximate surface area is 210 Å². The molecule has 36 heavy (non-hydrogen) atoms. The summed E-state index contributed by atoms with van der Waals surface area (Å²) in [7, 11) is -0.946. The number of nitro groups is 1. The first-order valence-electron chi connectivity index (χ1n) is 10.4. The summed E-state index contributed by atoms with van der Waals surface area (Å²) >= 11 is 1.10. The average molecular weight is 529 g/mol. The van der Waals surface area contributed by atoms with Crippen molar-refractivity contribution < 1.29 is 32.7 Å². The van der Waals surface area contributed by atoms with Gasteiger partial charge in [-0.05, 0) is 48.0 Å². The van der Waals surface area contributed by atoms with E-state index in [1.165, 1.54) is 44.6 Å². The van der Waals surface area contributed by atoms with E-state index in [9.17, 15) is 28.4 Å². The number of anilines is 1. The van der Waals surface area contributed by atoms with Gasteiger partial charge in [0.15, 0.2) is 15.6 Å². The van der Waals surface area contributed by atoms with Crippen LogP contribution >= 0.6 is 11.8 Å². The summed E-state index contributed by atoms with van der Waals surface area (Å²) in [6, 6.07) is 13.2. The number of carbonyl (C=O) groups excluding carboxylic acids is 1. The number of ether oxygens (including phenoxy) is 2. The summed E-state index contributed by atoms with van der Waals surface area (Å²) in [6.07, 6.45) is 1.45. The molecular formula is C24H20N2O8S2. The highest BCUT2D eigenvalue weighted by Crippen LogP contribution is 2.41. The Morgan fingerprint density at radius 1 is 1.08 bits per heavy atom. The van der Waals surface area contributed by atoms with E-state index < -0.39 is 32.1 Å². The van der Waals surface area contributed by atoms with Gasteiger partial charge in [0.25, 0.3) is 5.91 Å². The summed E-state index contributed by atoms with van der Waals surface area (Å²) in [6.45, 7) is 0. The van der Waals surface area contributed by atoms with E-state index in [-0.39, 0.29) is 15.6 Å². The number of phenols is 1. The van der Waals surface area contributed by atoms with Gasteiger partial charge >= 0.3 is 5.69 Å². The average Bonchev–Trinajstić information content (AvgIpc) is 2.85. The Morgan fingerprint density at radius 3 is 2.42 bits per heavy atom. The van der Waals surface area contributed by atoms with Gasteiger partial charge in [-0.25, -0.2) is 8.42 Å². The van der Waals surface area contributed by atoms with Crippen molar-refractivity contribution in [2.75, 3.05) is 19.5 Å². The summed E-state index contributed by atoms with van der Waals surface area (Å²) in [5.41, 5.74) is 0.580. The summed E-state index contributed by atoms with van der Waals surface area (Å²) in [4.78, 5) is 23.9. The summed E-state index contributed by atoms with van der Waals surface area (Å²) < 4.78 is 37.0. The lowest BCUT2D eigenvalue weighted by Crippen LogP contribution is -2.18. The fraction of sp³-hybridized carbons (Fsp3) is 0.125. The number of fused-ring (bicyclic) bond motifs is 1. The molecule has 0 radical (unpaired) electrons. The van der Waals surface area contributed by atoms with Crippen molar-refractivity contribution in [3.63, 3.8) is 0 Å². The first kappa shape index (κ1) is 25.1. The third kappa shape index (κ3) is 4.99. The quantitative estimate of drug-likeness (QED) is 0.259. The van der Waals surface area contributed by atoms with Gasteiger partial charge in [-0.2, -0.15) is 0 Å². The maximum absolute atomic E-state index is 13.2. The third-order valence-electron chi connectivity index (χ3n) is 5.36. The molecule has 0 fully saturated rings. The van der Waals surface area contributed by atoms with Crippen molar-refractivity contribution >= 4 is 45.0 Å². The van der Waals surface area contributed by atoms with Crippen LogP contribution in [0.15, 0.2) is 69.3 Å². The van der Waals surface area contributed by atoms with Crippen LogP contribution in [0.1, 0.15) is 11.1 Å². The zero-order chi connectivity index (χ0) is 26.0. The molecule has 0 unspecified atom stereocenters. The number of nitrogens with one attached hydrogen (secondary N) is 1. The molecule has 1 aliphatic rings. The van der Waals surface area contributed by atoms with Gasteiger partial charge in [0.1, 0.15) is 11.5 Å². The fourth-order valence-electron chi connectivity index (χ4n) is 3.60. The number of hydrogen-bond donors (Lipinski definition) is 2. The van der Waals surface area contributed by atoms with Crippen molar-refractivity contribution in [2.45, 2.75) is 15.5 Å². The van der Waals surface area contributed by atoms with E-state index >= 15 is 0 Å². The van der Waals surface area contributed by atoms with Crippen LogP contribution in [0.3, 0.4) is 0 Å². The Kier molecular flexibility index (Phi) is 6.91. The van der Waals surface area contributed by atoms with Crippen LogP contribution in [-0.4, -0.2) is 38.6 Å². The predicted molar refractivity (Wildman–Crippen MR) is 134 cm³/mol. The molecule has 1 aliphatic heterocycles. The molecule has 12 heteroatoms. The van der Waals surface area contributed by atoms with Crippen LogP contribution in [0.25, 0.3) is 6.08 Å². The summed E-state index contributed by atoms with van der Waals surface area (Å²) in [5, 5.41) is 23.4. The van der Waals surface area contributed by atoms with Crippen molar-refractivity contribution in [3.05, 3.63) is 80.7 Å². The van der Waals surface area contributed by atoms with E-state index in [2.05, 4.69) is 5.32 Å². The zero-order valence-corrected chi connectivity index (χ0v) is 20.7. The van der Waals surface area contributed by atoms with Crippen LogP contribution in [0.5, 0.6) is 17.2 Å². The number of nitro benzene ring substituents is 1. The van der Waals surface area contributed by atoms with Gasteiger partial charge in [0, 0.05) is 11.0 Å². The minimum absolute atomic E-state index is 0.0108. The molecule has 4 rings (SSSR count). The maximum Gasteiger partial charge on any atom is 0.311 e. The fourth-order valence-corrected chi connectivity index (χ4v) is 5.94. The molecule has 0 saturated heterocycles. The first-order chi connectivity index (χ1) is 17.1. The number of phenolic OH excluding ortho intramolecular Hbond substituents is 1. The number of thioether (sulfide) groups is 1. The van der Waals surface area contributed by atoms with Gasteiger partial charge in [0.05, 0.1) is 45.9 Å². The molecule has 0 bridgehead atoms. The zero-order valence-electron chi connectivity index (χ0n) is 19.0. The van der Waals surface area contributed by atoms with Crippen LogP contribution in [0.4, 0.5) is 11.4 Å². The molecule has 0 spiro atoms. The number of carbonyl (C=O) groups is 1. The van der Waals surface area contributed by atoms with Crippen molar-refractivity contribution in [2.24, 2.45) is 0 Å². The molecule has 10 nitrogen and oxygen atoms in total. The normalized spacial score (nSPS) is 14.2. The van der Waals surface area contributed by atoms with E-state index in [0.29, 0.717) is 33.2 Å². The highest BCUT2D eigenvalue weighted by molar-refractivity contribution is 8.04. The molecule has 3 aromatic carbocycles. The molecule has 3 aromatic rings. The third-order valence-corrected chi connectivity index (χ3v) is 8.10. The monoisotopic (exact) mass is 528 g/mol. The molecule has 1 heterocycles. The van der Waals surface area contributed by atoms with Crippen molar-refractivity contribution in [1.29, 1.82) is 0 Å². The minimum atomic E-state index is -3.83. The Balaban J connectivity index is 1.63. The van der Waals surface area contributed by atoms with E-state index in [1.54, 1.807) is 24.3 Å². The second-order valence-electron chi connectivity index (χ2n) is 7.63. The SMILES string of the molecule is COc1cccc(OC)c1CS(=O)(=O)c1ccc2c(c1)NC(=O)C(=Cc1ccc(O)c([N+](=O)[O-])c1)S2. The van der Waals surface area contributed by atoms with Crippen molar-refractivity contribution in [3.8, 4) is 17.2 Å². The lowest BCUT2D eigenvalue weighted by molar-refractivity contribution is -0.385. The largest absolute Gasteiger partial charge is 0.502 e. The number of methoxy groups -OCH3 is 2. The number of nitrogens with zero attached hydrogens (tertiary/aromatic N) is 1. The van der Waals surface area contributed by atoms with E-state index in [4.69, 9.17) is 9.47 Å². The number of aromatic hydroxyl groups is 1. The van der Waals surface area contributed by atoms with Gasteiger partial charge in [-0.15, -0.1) is 0 Å².